The standard InChI is InChI=1S/C16H26N2O4/c19-13(11-18-10-6-1-3-7-14(18)20)17-12-16(15(21)22)8-4-2-5-9-16/h1-12H2,(H,17,19)(H,21,22). The third kappa shape index (κ3) is 4.21. The summed E-state index contributed by atoms with van der Waals surface area (Å²) >= 11 is 0. The van der Waals surface area contributed by atoms with E-state index in [2.05, 4.69) is 5.32 Å². The van der Waals surface area contributed by atoms with Crippen LogP contribution in [0.3, 0.4) is 0 Å². The fourth-order valence-electron chi connectivity index (χ4n) is 3.40. The molecule has 2 aliphatic rings. The molecule has 1 saturated heterocycles. The van der Waals surface area contributed by atoms with Crippen LogP contribution < -0.4 is 5.32 Å². The molecule has 1 aliphatic heterocycles. The third-order valence-electron chi connectivity index (χ3n) is 4.89. The Morgan fingerprint density at radius 1 is 1.09 bits per heavy atom. The molecule has 124 valence electrons. The number of rotatable bonds is 5. The molecule has 2 fully saturated rings. The zero-order chi connectivity index (χ0) is 16.0. The maximum atomic E-state index is 12.1. The van der Waals surface area contributed by atoms with Crippen LogP contribution in [0.15, 0.2) is 0 Å². The Bertz CT molecular complexity index is 430. The predicted molar refractivity (Wildman–Crippen MR) is 81.2 cm³/mol. The van der Waals surface area contributed by atoms with Crippen molar-refractivity contribution in [3.05, 3.63) is 0 Å². The summed E-state index contributed by atoms with van der Waals surface area (Å²) in [5.74, 6) is -1.04. The molecule has 22 heavy (non-hydrogen) atoms. The second-order valence-electron chi connectivity index (χ2n) is 6.55. The van der Waals surface area contributed by atoms with Gasteiger partial charge in [-0.1, -0.05) is 25.7 Å². The minimum absolute atomic E-state index is 0.0262. The summed E-state index contributed by atoms with van der Waals surface area (Å²) in [6, 6.07) is 0. The van der Waals surface area contributed by atoms with E-state index >= 15 is 0 Å². The first-order valence-electron chi connectivity index (χ1n) is 8.31. The van der Waals surface area contributed by atoms with E-state index in [1.165, 1.54) is 0 Å². The van der Waals surface area contributed by atoms with E-state index < -0.39 is 11.4 Å². The van der Waals surface area contributed by atoms with Gasteiger partial charge in [0.2, 0.25) is 11.8 Å². The van der Waals surface area contributed by atoms with Crippen LogP contribution >= 0.6 is 0 Å². The number of likely N-dealkylation sites (tertiary alicyclic amines) is 1. The zero-order valence-corrected chi connectivity index (χ0v) is 13.1. The first kappa shape index (κ1) is 16.8. The molecule has 1 heterocycles. The van der Waals surface area contributed by atoms with Crippen molar-refractivity contribution < 1.29 is 19.5 Å². The fourth-order valence-corrected chi connectivity index (χ4v) is 3.40. The number of carboxylic acids is 1. The van der Waals surface area contributed by atoms with Gasteiger partial charge < -0.3 is 15.3 Å². The van der Waals surface area contributed by atoms with E-state index in [4.69, 9.17) is 0 Å². The van der Waals surface area contributed by atoms with Gasteiger partial charge in [0.05, 0.1) is 12.0 Å². The summed E-state index contributed by atoms with van der Waals surface area (Å²) in [5.41, 5.74) is -0.823. The molecule has 6 heteroatoms. The van der Waals surface area contributed by atoms with Gasteiger partial charge in [-0.25, -0.2) is 0 Å². The van der Waals surface area contributed by atoms with Gasteiger partial charge in [0, 0.05) is 19.5 Å². The number of nitrogens with one attached hydrogen (secondary N) is 1. The van der Waals surface area contributed by atoms with Crippen molar-refractivity contribution in [2.75, 3.05) is 19.6 Å². The molecule has 1 aliphatic carbocycles. The number of carbonyl (C=O) groups is 3. The zero-order valence-electron chi connectivity index (χ0n) is 13.1. The summed E-state index contributed by atoms with van der Waals surface area (Å²) in [4.78, 5) is 37.1. The highest BCUT2D eigenvalue weighted by Gasteiger charge is 2.39. The highest BCUT2D eigenvalue weighted by molar-refractivity contribution is 5.85. The van der Waals surface area contributed by atoms with E-state index in [0.29, 0.717) is 25.8 Å². The first-order chi connectivity index (χ1) is 10.5. The van der Waals surface area contributed by atoms with Gasteiger partial charge in [-0.05, 0) is 25.7 Å². The van der Waals surface area contributed by atoms with E-state index in [-0.39, 0.29) is 24.9 Å². The van der Waals surface area contributed by atoms with Gasteiger partial charge in [-0.2, -0.15) is 0 Å². The van der Waals surface area contributed by atoms with Crippen LogP contribution in [0.2, 0.25) is 0 Å². The molecule has 0 aromatic carbocycles. The van der Waals surface area contributed by atoms with Gasteiger partial charge in [0.1, 0.15) is 0 Å². The minimum Gasteiger partial charge on any atom is -0.481 e. The van der Waals surface area contributed by atoms with Crippen LogP contribution in [0.5, 0.6) is 0 Å². The number of carbonyl (C=O) groups excluding carboxylic acids is 2. The van der Waals surface area contributed by atoms with Crippen molar-refractivity contribution in [2.45, 2.75) is 57.8 Å². The highest BCUT2D eigenvalue weighted by Crippen LogP contribution is 2.35. The predicted octanol–water partition coefficient (Wildman–Crippen LogP) is 1.54. The lowest BCUT2D eigenvalue weighted by atomic mass is 9.74. The Labute approximate surface area is 131 Å². The smallest absolute Gasteiger partial charge is 0.311 e. The molecule has 0 bridgehead atoms. The second kappa shape index (κ2) is 7.61. The van der Waals surface area contributed by atoms with Crippen molar-refractivity contribution in [1.82, 2.24) is 10.2 Å². The Hall–Kier alpha value is -1.59. The highest BCUT2D eigenvalue weighted by atomic mass is 16.4. The lowest BCUT2D eigenvalue weighted by molar-refractivity contribution is -0.151. The molecular formula is C16H26N2O4. The van der Waals surface area contributed by atoms with E-state index in [1.54, 1.807) is 4.90 Å². The van der Waals surface area contributed by atoms with E-state index in [0.717, 1.165) is 38.5 Å². The largest absolute Gasteiger partial charge is 0.481 e. The fraction of sp³-hybridized carbons (Fsp3) is 0.812. The van der Waals surface area contributed by atoms with Gasteiger partial charge in [-0.15, -0.1) is 0 Å². The van der Waals surface area contributed by atoms with Crippen LogP contribution in [0.1, 0.15) is 57.8 Å². The normalized spacial score (nSPS) is 22.0. The summed E-state index contributed by atoms with van der Waals surface area (Å²) < 4.78 is 0. The number of nitrogens with zero attached hydrogens (tertiary/aromatic N) is 1. The number of aliphatic carboxylic acids is 1. The Morgan fingerprint density at radius 2 is 1.77 bits per heavy atom. The molecule has 0 unspecified atom stereocenters. The summed E-state index contributed by atoms with van der Waals surface area (Å²) in [7, 11) is 0. The third-order valence-corrected chi connectivity index (χ3v) is 4.89. The van der Waals surface area contributed by atoms with Crippen LogP contribution in [0, 0.1) is 5.41 Å². The average molecular weight is 310 g/mol. The molecule has 2 amide bonds. The van der Waals surface area contributed by atoms with Crippen molar-refractivity contribution >= 4 is 17.8 Å². The molecule has 0 radical (unpaired) electrons. The molecule has 1 saturated carbocycles. The summed E-state index contributed by atoms with van der Waals surface area (Å²) in [5, 5.41) is 12.2. The van der Waals surface area contributed by atoms with Gasteiger partial charge in [-0.3, -0.25) is 14.4 Å². The topological polar surface area (TPSA) is 86.7 Å². The monoisotopic (exact) mass is 310 g/mol. The number of hydrogen-bond acceptors (Lipinski definition) is 3. The number of carboxylic acid groups (broad SMARTS) is 1. The number of hydrogen-bond donors (Lipinski definition) is 2. The maximum absolute atomic E-state index is 12.1. The van der Waals surface area contributed by atoms with Crippen LogP contribution in [-0.2, 0) is 14.4 Å². The molecular weight excluding hydrogens is 284 g/mol. The molecule has 0 aromatic heterocycles. The van der Waals surface area contributed by atoms with Gasteiger partial charge >= 0.3 is 5.97 Å². The number of amides is 2. The quantitative estimate of drug-likeness (QED) is 0.806. The van der Waals surface area contributed by atoms with Crippen LogP contribution in [0.4, 0.5) is 0 Å². The Morgan fingerprint density at radius 3 is 2.45 bits per heavy atom. The molecule has 0 atom stereocenters. The van der Waals surface area contributed by atoms with Crippen molar-refractivity contribution in [2.24, 2.45) is 5.41 Å². The molecule has 0 aromatic rings. The van der Waals surface area contributed by atoms with Crippen molar-refractivity contribution in [1.29, 1.82) is 0 Å². The maximum Gasteiger partial charge on any atom is 0.311 e. The van der Waals surface area contributed by atoms with Crippen molar-refractivity contribution in [3.8, 4) is 0 Å². The summed E-state index contributed by atoms with van der Waals surface area (Å²) in [6.07, 6.45) is 7.43. The lowest BCUT2D eigenvalue weighted by Crippen LogP contribution is -2.47. The van der Waals surface area contributed by atoms with Gasteiger partial charge in [0.15, 0.2) is 0 Å². The molecule has 2 rings (SSSR count). The van der Waals surface area contributed by atoms with Crippen molar-refractivity contribution in [3.63, 3.8) is 0 Å². The Kier molecular flexibility index (Phi) is 5.80. The minimum atomic E-state index is -0.823. The van der Waals surface area contributed by atoms with E-state index in [9.17, 15) is 19.5 Å². The van der Waals surface area contributed by atoms with Crippen LogP contribution in [-0.4, -0.2) is 47.4 Å². The molecule has 6 nitrogen and oxygen atoms in total. The lowest BCUT2D eigenvalue weighted by Gasteiger charge is -2.33. The first-order valence-corrected chi connectivity index (χ1v) is 8.31. The summed E-state index contributed by atoms with van der Waals surface area (Å²) in [6.45, 7) is 0.841. The average Bonchev–Trinajstić information content (AvgIpc) is 2.71. The van der Waals surface area contributed by atoms with Crippen LogP contribution in [0.25, 0.3) is 0 Å². The molecule has 0 spiro atoms. The molecule has 2 N–H and O–H groups in total. The van der Waals surface area contributed by atoms with Gasteiger partial charge in [0.25, 0.3) is 0 Å². The van der Waals surface area contributed by atoms with E-state index in [1.807, 2.05) is 0 Å². The Balaban J connectivity index is 1.85. The SMILES string of the molecule is O=C(CN1CCCCCC1=O)NCC1(C(=O)O)CCCCC1. The second-order valence-corrected chi connectivity index (χ2v) is 6.55.